The fourth-order valence-electron chi connectivity index (χ4n) is 3.30. The summed E-state index contributed by atoms with van der Waals surface area (Å²) in [5.41, 5.74) is 2.47. The molecule has 21 heavy (non-hydrogen) atoms. The van der Waals surface area contributed by atoms with Gasteiger partial charge in [0.1, 0.15) is 0 Å². The van der Waals surface area contributed by atoms with Gasteiger partial charge in [-0.1, -0.05) is 65.5 Å². The second-order valence-corrected chi connectivity index (χ2v) is 7.21. The molecule has 2 rings (SSSR count). The molecule has 1 saturated carbocycles. The molecule has 0 radical (unpaired) electrons. The Morgan fingerprint density at radius 1 is 1.38 bits per heavy atom. The highest BCUT2D eigenvalue weighted by atomic mass is 79.9. The number of alkyl halides is 1. The van der Waals surface area contributed by atoms with E-state index in [1.165, 1.54) is 24.0 Å². The number of aryl methyl sites for hydroxylation is 2. The molecule has 1 aliphatic carbocycles. The molecule has 0 spiro atoms. The number of carbonyl (C=O) groups excluding carboxylic acids is 1. The Bertz CT molecular complexity index is 471. The first-order valence-electron chi connectivity index (χ1n) is 7.95. The standard InChI is InChI=1S/C18H26BrNO/c1-14-5-7-16(8-6-14)9-10-17(21)20-18(13-19)11-3-4-15(2)12-18/h5-8,15H,3-4,9-13H2,1-2H3,(H,20,21). The average molecular weight is 352 g/mol. The lowest BCUT2D eigenvalue weighted by molar-refractivity contribution is -0.123. The average Bonchev–Trinajstić information content (AvgIpc) is 2.46. The van der Waals surface area contributed by atoms with Gasteiger partial charge in [0.15, 0.2) is 0 Å². The zero-order valence-corrected chi connectivity index (χ0v) is 14.7. The third kappa shape index (κ3) is 4.84. The summed E-state index contributed by atoms with van der Waals surface area (Å²) in [6.07, 6.45) is 6.08. The summed E-state index contributed by atoms with van der Waals surface area (Å²) in [5.74, 6) is 0.887. The van der Waals surface area contributed by atoms with Crippen LogP contribution in [-0.4, -0.2) is 16.8 Å². The van der Waals surface area contributed by atoms with Crippen molar-refractivity contribution in [1.29, 1.82) is 0 Å². The third-order valence-electron chi connectivity index (χ3n) is 4.51. The minimum atomic E-state index is -0.0258. The fourth-order valence-corrected chi connectivity index (χ4v) is 3.95. The van der Waals surface area contributed by atoms with Crippen molar-refractivity contribution in [3.63, 3.8) is 0 Å². The molecule has 1 fully saturated rings. The van der Waals surface area contributed by atoms with E-state index in [0.717, 1.165) is 24.6 Å². The monoisotopic (exact) mass is 351 g/mol. The summed E-state index contributed by atoms with van der Waals surface area (Å²) in [4.78, 5) is 12.3. The molecule has 0 heterocycles. The minimum Gasteiger partial charge on any atom is -0.350 e. The molecule has 1 N–H and O–H groups in total. The molecule has 2 atom stereocenters. The summed E-state index contributed by atoms with van der Waals surface area (Å²) < 4.78 is 0. The number of amides is 1. The summed E-state index contributed by atoms with van der Waals surface area (Å²) >= 11 is 3.61. The van der Waals surface area contributed by atoms with Gasteiger partial charge in [0.2, 0.25) is 5.91 Å². The van der Waals surface area contributed by atoms with Crippen LogP contribution < -0.4 is 5.32 Å². The molecule has 2 unspecified atom stereocenters. The molecule has 2 nitrogen and oxygen atoms in total. The van der Waals surface area contributed by atoms with Crippen LogP contribution in [0.3, 0.4) is 0 Å². The van der Waals surface area contributed by atoms with Crippen LogP contribution in [0.25, 0.3) is 0 Å². The smallest absolute Gasteiger partial charge is 0.220 e. The highest BCUT2D eigenvalue weighted by Gasteiger charge is 2.35. The van der Waals surface area contributed by atoms with E-state index in [4.69, 9.17) is 0 Å². The number of halogens is 1. The van der Waals surface area contributed by atoms with Crippen LogP contribution in [0.2, 0.25) is 0 Å². The maximum absolute atomic E-state index is 12.3. The Labute approximate surface area is 136 Å². The van der Waals surface area contributed by atoms with E-state index < -0.39 is 0 Å². The third-order valence-corrected chi connectivity index (χ3v) is 5.59. The molecule has 0 saturated heterocycles. The maximum atomic E-state index is 12.3. The molecule has 0 aromatic heterocycles. The molecule has 1 amide bonds. The fraction of sp³-hybridized carbons (Fsp3) is 0.611. The first kappa shape index (κ1) is 16.5. The van der Waals surface area contributed by atoms with Crippen LogP contribution >= 0.6 is 15.9 Å². The van der Waals surface area contributed by atoms with Gasteiger partial charge < -0.3 is 5.32 Å². The Morgan fingerprint density at radius 2 is 2.10 bits per heavy atom. The van der Waals surface area contributed by atoms with Crippen LogP contribution in [0.1, 0.15) is 50.2 Å². The minimum absolute atomic E-state index is 0.0258. The van der Waals surface area contributed by atoms with Crippen LogP contribution in [0, 0.1) is 12.8 Å². The molecular formula is C18H26BrNO. The Hall–Kier alpha value is -0.830. The maximum Gasteiger partial charge on any atom is 0.220 e. The second kappa shape index (κ2) is 7.44. The molecular weight excluding hydrogens is 326 g/mol. The van der Waals surface area contributed by atoms with Gasteiger partial charge in [0.25, 0.3) is 0 Å². The van der Waals surface area contributed by atoms with Crippen LogP contribution in [0.4, 0.5) is 0 Å². The lowest BCUT2D eigenvalue weighted by Crippen LogP contribution is -2.52. The Kier molecular flexibility index (Phi) is 5.86. The highest BCUT2D eigenvalue weighted by Crippen LogP contribution is 2.33. The zero-order valence-electron chi connectivity index (χ0n) is 13.1. The van der Waals surface area contributed by atoms with Crippen LogP contribution in [0.15, 0.2) is 24.3 Å². The van der Waals surface area contributed by atoms with Gasteiger partial charge in [0.05, 0.1) is 0 Å². The first-order chi connectivity index (χ1) is 10.0. The lowest BCUT2D eigenvalue weighted by atomic mass is 9.77. The molecule has 0 aliphatic heterocycles. The van der Waals surface area contributed by atoms with Crippen molar-refractivity contribution in [2.24, 2.45) is 5.92 Å². The quantitative estimate of drug-likeness (QED) is 0.783. The van der Waals surface area contributed by atoms with E-state index in [1.54, 1.807) is 0 Å². The topological polar surface area (TPSA) is 29.1 Å². The molecule has 0 bridgehead atoms. The van der Waals surface area contributed by atoms with Gasteiger partial charge in [-0.15, -0.1) is 0 Å². The summed E-state index contributed by atoms with van der Waals surface area (Å²) in [5, 5.41) is 4.17. The number of hydrogen-bond acceptors (Lipinski definition) is 1. The molecule has 116 valence electrons. The van der Waals surface area contributed by atoms with E-state index in [2.05, 4.69) is 59.4 Å². The van der Waals surface area contributed by atoms with Gasteiger partial charge in [-0.25, -0.2) is 0 Å². The van der Waals surface area contributed by atoms with Gasteiger partial charge in [0, 0.05) is 17.3 Å². The molecule has 1 aromatic rings. The largest absolute Gasteiger partial charge is 0.350 e. The summed E-state index contributed by atoms with van der Waals surface area (Å²) in [6, 6.07) is 8.45. The predicted octanol–water partition coefficient (Wildman–Crippen LogP) is 4.39. The van der Waals surface area contributed by atoms with E-state index >= 15 is 0 Å². The summed E-state index contributed by atoms with van der Waals surface area (Å²) in [7, 11) is 0. The SMILES string of the molecule is Cc1ccc(CCC(=O)NC2(CBr)CCCC(C)C2)cc1. The molecule has 3 heteroatoms. The highest BCUT2D eigenvalue weighted by molar-refractivity contribution is 9.09. The van der Waals surface area contributed by atoms with Gasteiger partial charge in [-0.2, -0.15) is 0 Å². The number of nitrogens with one attached hydrogen (secondary N) is 1. The number of rotatable bonds is 5. The summed E-state index contributed by atoms with van der Waals surface area (Å²) in [6.45, 7) is 4.37. The van der Waals surface area contributed by atoms with E-state index in [9.17, 15) is 4.79 Å². The number of carbonyl (C=O) groups is 1. The normalized spacial score (nSPS) is 25.6. The Balaban J connectivity index is 1.86. The Morgan fingerprint density at radius 3 is 2.71 bits per heavy atom. The molecule has 1 aromatic carbocycles. The van der Waals surface area contributed by atoms with Crippen molar-refractivity contribution >= 4 is 21.8 Å². The van der Waals surface area contributed by atoms with Crippen molar-refractivity contribution < 1.29 is 4.79 Å². The van der Waals surface area contributed by atoms with Crippen LogP contribution in [-0.2, 0) is 11.2 Å². The number of benzene rings is 1. The molecule has 1 aliphatic rings. The van der Waals surface area contributed by atoms with Crippen molar-refractivity contribution in [2.45, 2.75) is 57.9 Å². The zero-order chi connectivity index (χ0) is 15.3. The van der Waals surface area contributed by atoms with E-state index in [1.807, 2.05) is 0 Å². The van der Waals surface area contributed by atoms with Gasteiger partial charge in [-0.3, -0.25) is 4.79 Å². The predicted molar refractivity (Wildman–Crippen MR) is 91.8 cm³/mol. The first-order valence-corrected chi connectivity index (χ1v) is 9.08. The van der Waals surface area contributed by atoms with E-state index in [-0.39, 0.29) is 11.4 Å². The van der Waals surface area contributed by atoms with E-state index in [0.29, 0.717) is 12.3 Å². The second-order valence-electron chi connectivity index (χ2n) is 6.65. The van der Waals surface area contributed by atoms with Crippen LogP contribution in [0.5, 0.6) is 0 Å². The van der Waals surface area contributed by atoms with Gasteiger partial charge >= 0.3 is 0 Å². The van der Waals surface area contributed by atoms with Crippen molar-refractivity contribution in [3.05, 3.63) is 35.4 Å². The van der Waals surface area contributed by atoms with Crippen molar-refractivity contribution in [2.75, 3.05) is 5.33 Å². The van der Waals surface area contributed by atoms with Gasteiger partial charge in [-0.05, 0) is 37.7 Å². The lowest BCUT2D eigenvalue weighted by Gasteiger charge is -2.39. The van der Waals surface area contributed by atoms with Crippen molar-refractivity contribution in [1.82, 2.24) is 5.32 Å². The van der Waals surface area contributed by atoms with Crippen molar-refractivity contribution in [3.8, 4) is 0 Å². The number of hydrogen-bond donors (Lipinski definition) is 1.